The number of hydrazine groups is 1. The van der Waals surface area contributed by atoms with Gasteiger partial charge in [0.25, 0.3) is 0 Å². The molecule has 0 saturated carbocycles. The first kappa shape index (κ1) is 15.1. The lowest BCUT2D eigenvalue weighted by atomic mass is 10.1. The highest BCUT2D eigenvalue weighted by molar-refractivity contribution is 5.87. The molecule has 19 heavy (non-hydrogen) atoms. The van der Waals surface area contributed by atoms with Gasteiger partial charge in [-0.05, 0) is 11.6 Å². The third kappa shape index (κ3) is 5.03. The molecule has 1 rings (SSSR count). The third-order valence-electron chi connectivity index (χ3n) is 2.64. The average Bonchev–Trinajstić information content (AvgIpc) is 2.44. The minimum atomic E-state index is -0.456. The highest BCUT2D eigenvalue weighted by atomic mass is 16.7. The Morgan fingerprint density at radius 3 is 2.32 bits per heavy atom. The summed E-state index contributed by atoms with van der Waals surface area (Å²) in [5.74, 6) is -0.456. The monoisotopic (exact) mass is 262 g/mol. The molecule has 0 aromatic heterocycles. The summed E-state index contributed by atoms with van der Waals surface area (Å²) in [4.78, 5) is 27.1. The summed E-state index contributed by atoms with van der Waals surface area (Å²) in [6.45, 7) is 2.69. The number of aldehydes is 1. The van der Waals surface area contributed by atoms with Gasteiger partial charge in [0.15, 0.2) is 0 Å². The number of carbonyl (C=O) groups is 2. The van der Waals surface area contributed by atoms with Crippen molar-refractivity contribution in [3.05, 3.63) is 41.5 Å². The van der Waals surface area contributed by atoms with Crippen LogP contribution in [0.25, 0.3) is 6.08 Å². The van der Waals surface area contributed by atoms with Gasteiger partial charge in [0, 0.05) is 32.3 Å². The number of benzene rings is 1. The average molecular weight is 262 g/mol. The van der Waals surface area contributed by atoms with Crippen LogP contribution < -0.4 is 0 Å². The first-order valence-electron chi connectivity index (χ1n) is 5.97. The highest BCUT2D eigenvalue weighted by Crippen LogP contribution is 2.05. The predicted octanol–water partition coefficient (Wildman–Crippen LogP) is 1.77. The quantitative estimate of drug-likeness (QED) is 0.444. The summed E-state index contributed by atoms with van der Waals surface area (Å²) in [5, 5.41) is 3.13. The molecule has 0 radical (unpaired) electrons. The topological polar surface area (TPSA) is 49.9 Å². The van der Waals surface area contributed by atoms with E-state index in [0.29, 0.717) is 5.56 Å². The van der Waals surface area contributed by atoms with Crippen molar-refractivity contribution in [3.8, 4) is 0 Å². The maximum Gasteiger partial charge on any atom is 0.351 e. The van der Waals surface area contributed by atoms with E-state index < -0.39 is 5.97 Å². The Morgan fingerprint density at radius 2 is 1.79 bits per heavy atom. The Hall–Kier alpha value is -1.98. The highest BCUT2D eigenvalue weighted by Gasteiger charge is 2.07. The summed E-state index contributed by atoms with van der Waals surface area (Å²) in [7, 11) is 3.48. The van der Waals surface area contributed by atoms with E-state index in [0.717, 1.165) is 18.4 Å². The molecule has 0 aliphatic rings. The van der Waals surface area contributed by atoms with Crippen molar-refractivity contribution < 1.29 is 14.4 Å². The molecule has 0 spiro atoms. The Balaban J connectivity index is 2.55. The molecule has 0 fully saturated rings. The van der Waals surface area contributed by atoms with E-state index in [1.54, 1.807) is 42.4 Å². The van der Waals surface area contributed by atoms with Gasteiger partial charge >= 0.3 is 5.97 Å². The number of nitrogens with zero attached hydrogens (tertiary/aromatic N) is 2. The molecule has 102 valence electrons. The Morgan fingerprint density at radius 1 is 1.21 bits per heavy atom. The molecule has 5 heteroatoms. The van der Waals surface area contributed by atoms with Crippen molar-refractivity contribution in [2.24, 2.45) is 0 Å². The number of carbonyl (C=O) groups excluding carboxylic acids is 2. The first-order valence-corrected chi connectivity index (χ1v) is 5.97. The van der Waals surface area contributed by atoms with Crippen molar-refractivity contribution >= 4 is 18.3 Å². The molecule has 0 unspecified atom stereocenters. The molecule has 1 aromatic rings. The van der Waals surface area contributed by atoms with Gasteiger partial charge in [-0.3, -0.25) is 4.79 Å². The van der Waals surface area contributed by atoms with Gasteiger partial charge in [-0.15, -0.1) is 0 Å². The second-order valence-electron chi connectivity index (χ2n) is 3.97. The molecule has 1 aromatic carbocycles. The smallest absolute Gasteiger partial charge is 0.349 e. The summed E-state index contributed by atoms with van der Waals surface area (Å²) in [6, 6.07) is 6.90. The molecule has 0 heterocycles. The lowest BCUT2D eigenvalue weighted by molar-refractivity contribution is -0.241. The second-order valence-corrected chi connectivity index (χ2v) is 3.97. The Kier molecular flexibility index (Phi) is 5.92. The fourth-order valence-corrected chi connectivity index (χ4v) is 1.28. The lowest BCUT2D eigenvalue weighted by Gasteiger charge is -2.24. The fraction of sp³-hybridized carbons (Fsp3) is 0.286. The number of rotatable bonds is 6. The second kappa shape index (κ2) is 7.45. The number of hydrogen-bond acceptors (Lipinski definition) is 5. The van der Waals surface area contributed by atoms with Gasteiger partial charge in [-0.25, -0.2) is 9.80 Å². The fourth-order valence-electron chi connectivity index (χ4n) is 1.28. The lowest BCUT2D eigenvalue weighted by Crippen LogP contribution is -2.37. The largest absolute Gasteiger partial charge is 0.351 e. The minimum Gasteiger partial charge on any atom is -0.349 e. The van der Waals surface area contributed by atoms with Crippen LogP contribution in [0.15, 0.2) is 30.3 Å². The molecular weight excluding hydrogens is 244 g/mol. The van der Waals surface area contributed by atoms with Crippen molar-refractivity contribution in [2.75, 3.05) is 20.6 Å². The molecule has 5 nitrogen and oxygen atoms in total. The van der Waals surface area contributed by atoms with Crippen LogP contribution in [0, 0.1) is 0 Å². The van der Waals surface area contributed by atoms with Crippen molar-refractivity contribution in [3.63, 3.8) is 0 Å². The predicted molar refractivity (Wildman–Crippen MR) is 73.0 cm³/mol. The molecule has 0 bridgehead atoms. The van der Waals surface area contributed by atoms with Crippen LogP contribution in [0.1, 0.15) is 22.8 Å². The van der Waals surface area contributed by atoms with Gasteiger partial charge in [0.05, 0.1) is 0 Å². The van der Waals surface area contributed by atoms with E-state index in [4.69, 9.17) is 4.84 Å². The maximum absolute atomic E-state index is 11.5. The number of hydroxylamine groups is 1. The van der Waals surface area contributed by atoms with Crippen LogP contribution in [0.3, 0.4) is 0 Å². The first-order chi connectivity index (χ1) is 9.06. The van der Waals surface area contributed by atoms with E-state index >= 15 is 0 Å². The van der Waals surface area contributed by atoms with Crippen LogP contribution in [-0.2, 0) is 9.63 Å². The van der Waals surface area contributed by atoms with Crippen LogP contribution in [0.4, 0.5) is 0 Å². The van der Waals surface area contributed by atoms with Crippen LogP contribution in [0.2, 0.25) is 0 Å². The molecular formula is C14H18N2O3. The Bertz CT molecular complexity index is 454. The Labute approximate surface area is 113 Å². The van der Waals surface area contributed by atoms with Gasteiger partial charge < -0.3 is 4.84 Å². The van der Waals surface area contributed by atoms with E-state index in [2.05, 4.69) is 0 Å². The minimum absolute atomic E-state index is 0.456. The molecule has 0 aliphatic carbocycles. The number of hydrogen-bond donors (Lipinski definition) is 0. The zero-order valence-electron chi connectivity index (χ0n) is 11.4. The molecule has 0 saturated heterocycles. The van der Waals surface area contributed by atoms with Crippen LogP contribution in [0.5, 0.6) is 0 Å². The summed E-state index contributed by atoms with van der Waals surface area (Å²) in [5.41, 5.74) is 1.43. The van der Waals surface area contributed by atoms with E-state index in [9.17, 15) is 9.59 Å². The molecule has 0 amide bonds. The SMILES string of the molecule is CCN(C)N(C)OC(=O)C=Cc1ccc(C=O)cc1. The van der Waals surface area contributed by atoms with E-state index in [1.165, 1.54) is 11.2 Å². The maximum atomic E-state index is 11.5. The van der Waals surface area contributed by atoms with Crippen LogP contribution >= 0.6 is 0 Å². The van der Waals surface area contributed by atoms with Gasteiger partial charge in [0.2, 0.25) is 0 Å². The van der Waals surface area contributed by atoms with Crippen molar-refractivity contribution in [1.29, 1.82) is 0 Å². The van der Waals surface area contributed by atoms with E-state index in [1.807, 2.05) is 14.0 Å². The summed E-state index contributed by atoms with van der Waals surface area (Å²) >= 11 is 0. The van der Waals surface area contributed by atoms with Crippen molar-refractivity contribution in [2.45, 2.75) is 6.92 Å². The van der Waals surface area contributed by atoms with E-state index in [-0.39, 0.29) is 0 Å². The molecule has 0 N–H and O–H groups in total. The zero-order valence-corrected chi connectivity index (χ0v) is 11.4. The molecule has 0 atom stereocenters. The third-order valence-corrected chi connectivity index (χ3v) is 2.64. The van der Waals surface area contributed by atoms with Crippen LogP contribution in [-0.4, -0.2) is 43.1 Å². The molecule has 0 aliphatic heterocycles. The van der Waals surface area contributed by atoms with Crippen molar-refractivity contribution in [1.82, 2.24) is 10.2 Å². The van der Waals surface area contributed by atoms with Gasteiger partial charge in [0.1, 0.15) is 6.29 Å². The normalized spacial score (nSPS) is 11.2. The standard InChI is InChI=1S/C14H18N2O3/c1-4-15(2)16(3)19-14(18)10-9-12-5-7-13(11-17)8-6-12/h5-11H,4H2,1-3H3. The van der Waals surface area contributed by atoms with Gasteiger partial charge in [-0.1, -0.05) is 36.4 Å². The zero-order chi connectivity index (χ0) is 14.3. The van der Waals surface area contributed by atoms with Gasteiger partial charge in [-0.2, -0.15) is 0 Å². The summed E-state index contributed by atoms with van der Waals surface area (Å²) < 4.78 is 0. The summed E-state index contributed by atoms with van der Waals surface area (Å²) in [6.07, 6.45) is 3.75.